The Labute approximate surface area is 131 Å². The van der Waals surface area contributed by atoms with Crippen LogP contribution in [0.5, 0.6) is 0 Å². The van der Waals surface area contributed by atoms with E-state index in [1.807, 2.05) is 33.1 Å². The van der Waals surface area contributed by atoms with Crippen LogP contribution in [0.4, 0.5) is 4.79 Å². The van der Waals surface area contributed by atoms with Crippen molar-refractivity contribution in [3.05, 3.63) is 16.1 Å². The second kappa shape index (κ2) is 6.75. The molecule has 1 atom stereocenters. The Hall–Kier alpha value is -1.14. The van der Waals surface area contributed by atoms with Gasteiger partial charge in [-0.25, -0.2) is 9.78 Å². The molecule has 21 heavy (non-hydrogen) atoms. The lowest BCUT2D eigenvalue weighted by Gasteiger charge is -2.27. The van der Waals surface area contributed by atoms with Crippen molar-refractivity contribution >= 4 is 17.4 Å². The number of alkyl carbamates (subject to hydrolysis) is 1. The van der Waals surface area contributed by atoms with Crippen LogP contribution in [-0.4, -0.2) is 29.8 Å². The molecular formula is C15H27N3O2S. The van der Waals surface area contributed by atoms with Crippen LogP contribution in [0.2, 0.25) is 0 Å². The molecule has 0 aliphatic carbocycles. The molecule has 0 bridgehead atoms. The number of hydrogen-bond donors (Lipinski definition) is 2. The van der Waals surface area contributed by atoms with Gasteiger partial charge in [0.15, 0.2) is 0 Å². The van der Waals surface area contributed by atoms with Gasteiger partial charge < -0.3 is 15.8 Å². The van der Waals surface area contributed by atoms with E-state index < -0.39 is 11.7 Å². The van der Waals surface area contributed by atoms with E-state index in [9.17, 15) is 4.79 Å². The second-order valence-electron chi connectivity index (χ2n) is 6.85. The number of hydrogen-bond acceptors (Lipinski definition) is 5. The SMILES string of the molecule is CC(C)c1nc(C(C)(CN)CNC(=O)OC(C)(C)C)cs1. The molecular weight excluding hydrogens is 286 g/mol. The fraction of sp³-hybridized carbons (Fsp3) is 0.733. The minimum atomic E-state index is -0.505. The van der Waals surface area contributed by atoms with Gasteiger partial charge in [-0.05, 0) is 20.8 Å². The number of ether oxygens (including phenoxy) is 1. The molecule has 0 aromatic carbocycles. The molecule has 0 spiro atoms. The molecule has 5 nitrogen and oxygen atoms in total. The summed E-state index contributed by atoms with van der Waals surface area (Å²) in [5.74, 6) is 0.393. The van der Waals surface area contributed by atoms with Crippen LogP contribution in [0.15, 0.2) is 5.38 Å². The summed E-state index contributed by atoms with van der Waals surface area (Å²) < 4.78 is 5.25. The van der Waals surface area contributed by atoms with Crippen LogP contribution in [-0.2, 0) is 10.2 Å². The van der Waals surface area contributed by atoms with Crippen LogP contribution >= 0.6 is 11.3 Å². The molecule has 3 N–H and O–H groups in total. The van der Waals surface area contributed by atoms with E-state index in [0.29, 0.717) is 19.0 Å². The number of amides is 1. The van der Waals surface area contributed by atoms with E-state index in [1.54, 1.807) is 11.3 Å². The van der Waals surface area contributed by atoms with Gasteiger partial charge in [-0.1, -0.05) is 20.8 Å². The van der Waals surface area contributed by atoms with Gasteiger partial charge in [0, 0.05) is 29.8 Å². The van der Waals surface area contributed by atoms with Gasteiger partial charge in [0.25, 0.3) is 0 Å². The van der Waals surface area contributed by atoms with Gasteiger partial charge in [0.1, 0.15) is 5.60 Å². The van der Waals surface area contributed by atoms with Crippen LogP contribution in [0.3, 0.4) is 0 Å². The summed E-state index contributed by atoms with van der Waals surface area (Å²) in [5, 5.41) is 5.90. The fourth-order valence-electron chi connectivity index (χ4n) is 1.68. The number of aromatic nitrogens is 1. The predicted molar refractivity (Wildman–Crippen MR) is 86.8 cm³/mol. The molecule has 1 heterocycles. The molecule has 1 rings (SSSR count). The number of carbonyl (C=O) groups excluding carboxylic acids is 1. The monoisotopic (exact) mass is 313 g/mol. The highest BCUT2D eigenvalue weighted by atomic mass is 32.1. The summed E-state index contributed by atoms with van der Waals surface area (Å²) in [5.41, 5.74) is 5.94. The van der Waals surface area contributed by atoms with E-state index in [4.69, 9.17) is 10.5 Å². The van der Waals surface area contributed by atoms with Crippen molar-refractivity contribution in [1.82, 2.24) is 10.3 Å². The van der Waals surface area contributed by atoms with E-state index in [2.05, 4.69) is 24.1 Å². The third-order valence-corrected chi connectivity index (χ3v) is 4.25. The summed E-state index contributed by atoms with van der Waals surface area (Å²) >= 11 is 1.63. The first-order valence-corrected chi connectivity index (χ1v) is 8.08. The number of nitrogens with two attached hydrogens (primary N) is 1. The highest BCUT2D eigenvalue weighted by molar-refractivity contribution is 7.09. The van der Waals surface area contributed by atoms with Crippen molar-refractivity contribution in [2.75, 3.05) is 13.1 Å². The molecule has 1 amide bonds. The lowest BCUT2D eigenvalue weighted by Crippen LogP contribution is -2.45. The van der Waals surface area contributed by atoms with Crippen molar-refractivity contribution in [3.8, 4) is 0 Å². The molecule has 120 valence electrons. The number of thiazole rings is 1. The molecule has 1 aromatic heterocycles. The Bertz CT molecular complexity index is 480. The zero-order valence-corrected chi connectivity index (χ0v) is 14.6. The van der Waals surface area contributed by atoms with Gasteiger partial charge >= 0.3 is 6.09 Å². The summed E-state index contributed by atoms with van der Waals surface area (Å²) in [6.07, 6.45) is -0.429. The van der Waals surface area contributed by atoms with Gasteiger partial charge in [-0.2, -0.15) is 0 Å². The van der Waals surface area contributed by atoms with Crippen molar-refractivity contribution < 1.29 is 9.53 Å². The summed E-state index contributed by atoms with van der Waals surface area (Å²) in [6.45, 7) is 12.5. The maximum absolute atomic E-state index is 11.8. The largest absolute Gasteiger partial charge is 0.444 e. The van der Waals surface area contributed by atoms with Crippen LogP contribution in [0.1, 0.15) is 58.2 Å². The average molecular weight is 313 g/mol. The summed E-state index contributed by atoms with van der Waals surface area (Å²) in [6, 6.07) is 0. The van der Waals surface area contributed by atoms with Crippen molar-refractivity contribution in [2.24, 2.45) is 5.73 Å². The number of rotatable bonds is 5. The standard InChI is InChI=1S/C15H27N3O2S/c1-10(2)12-18-11(7-21-12)15(6,8-16)9-17-13(19)20-14(3,4)5/h7,10H,8-9,16H2,1-6H3,(H,17,19). The van der Waals surface area contributed by atoms with Gasteiger partial charge in [0.2, 0.25) is 0 Å². The van der Waals surface area contributed by atoms with Gasteiger partial charge in [-0.15, -0.1) is 11.3 Å². The number of nitrogens with one attached hydrogen (secondary N) is 1. The molecule has 1 aromatic rings. The maximum atomic E-state index is 11.8. The van der Waals surface area contributed by atoms with Crippen LogP contribution in [0, 0.1) is 0 Å². The molecule has 0 aliphatic rings. The Kier molecular flexibility index (Phi) is 5.75. The average Bonchev–Trinajstić information content (AvgIpc) is 2.84. The van der Waals surface area contributed by atoms with Crippen molar-refractivity contribution in [3.63, 3.8) is 0 Å². The molecule has 0 saturated heterocycles. The van der Waals surface area contributed by atoms with E-state index in [1.165, 1.54) is 0 Å². The quantitative estimate of drug-likeness (QED) is 0.876. The zero-order chi connectivity index (χ0) is 16.3. The van der Waals surface area contributed by atoms with E-state index in [0.717, 1.165) is 10.7 Å². The van der Waals surface area contributed by atoms with Crippen molar-refractivity contribution in [2.45, 2.75) is 58.5 Å². The van der Waals surface area contributed by atoms with E-state index >= 15 is 0 Å². The smallest absolute Gasteiger partial charge is 0.407 e. The first kappa shape index (κ1) is 17.9. The highest BCUT2D eigenvalue weighted by Gasteiger charge is 2.29. The first-order chi connectivity index (χ1) is 9.57. The Morgan fingerprint density at radius 3 is 2.48 bits per heavy atom. The maximum Gasteiger partial charge on any atom is 0.407 e. The molecule has 0 saturated carbocycles. The summed E-state index contributed by atoms with van der Waals surface area (Å²) in [7, 11) is 0. The molecule has 0 radical (unpaired) electrons. The lowest BCUT2D eigenvalue weighted by atomic mass is 9.87. The first-order valence-electron chi connectivity index (χ1n) is 7.20. The minimum absolute atomic E-state index is 0.388. The summed E-state index contributed by atoms with van der Waals surface area (Å²) in [4.78, 5) is 16.4. The van der Waals surface area contributed by atoms with E-state index in [-0.39, 0.29) is 5.41 Å². The molecule has 0 aliphatic heterocycles. The predicted octanol–water partition coefficient (Wildman–Crippen LogP) is 3.01. The number of nitrogens with zero attached hydrogens (tertiary/aromatic N) is 1. The molecule has 1 unspecified atom stereocenters. The Balaban J connectivity index is 2.73. The van der Waals surface area contributed by atoms with Gasteiger partial charge in [-0.3, -0.25) is 0 Å². The van der Waals surface area contributed by atoms with Gasteiger partial charge in [0.05, 0.1) is 10.7 Å². The molecule has 6 heteroatoms. The molecule has 0 fully saturated rings. The second-order valence-corrected chi connectivity index (χ2v) is 7.74. The third kappa shape index (κ3) is 5.28. The third-order valence-electron chi connectivity index (χ3n) is 3.11. The minimum Gasteiger partial charge on any atom is -0.444 e. The normalized spacial score (nSPS) is 14.9. The fourth-order valence-corrected chi connectivity index (χ4v) is 2.67. The topological polar surface area (TPSA) is 77.2 Å². The Morgan fingerprint density at radius 2 is 2.05 bits per heavy atom. The van der Waals surface area contributed by atoms with Crippen molar-refractivity contribution in [1.29, 1.82) is 0 Å². The zero-order valence-electron chi connectivity index (χ0n) is 13.8. The highest BCUT2D eigenvalue weighted by Crippen LogP contribution is 2.27. The Morgan fingerprint density at radius 1 is 1.43 bits per heavy atom. The lowest BCUT2D eigenvalue weighted by molar-refractivity contribution is 0.0516. The van der Waals surface area contributed by atoms with Crippen LogP contribution in [0.25, 0.3) is 0 Å². The van der Waals surface area contributed by atoms with Crippen LogP contribution < -0.4 is 11.1 Å². The number of carbonyl (C=O) groups is 1.